The zero-order chi connectivity index (χ0) is 13.4. The second-order valence-corrected chi connectivity index (χ2v) is 5.28. The fourth-order valence-electron chi connectivity index (χ4n) is 2.51. The van der Waals surface area contributed by atoms with Gasteiger partial charge < -0.3 is 5.32 Å². The Kier molecular flexibility index (Phi) is 2.74. The molecule has 0 radical (unpaired) electrons. The molecule has 1 N–H and O–H groups in total. The lowest BCUT2D eigenvalue weighted by molar-refractivity contribution is 0.689. The van der Waals surface area contributed by atoms with Gasteiger partial charge in [0.05, 0.1) is 0 Å². The van der Waals surface area contributed by atoms with Crippen LogP contribution in [0.3, 0.4) is 0 Å². The molecule has 1 saturated carbocycles. The molecule has 4 rings (SSSR count). The molecule has 0 bridgehead atoms. The number of benzene rings is 1. The van der Waals surface area contributed by atoms with Crippen LogP contribution in [0.25, 0.3) is 16.6 Å². The number of aromatic nitrogens is 3. The van der Waals surface area contributed by atoms with Gasteiger partial charge in [-0.15, -0.1) is 0 Å². The van der Waals surface area contributed by atoms with Crippen molar-refractivity contribution in [3.05, 3.63) is 54.7 Å². The lowest BCUT2D eigenvalue weighted by atomic mass is 10.1. The van der Waals surface area contributed by atoms with Crippen LogP contribution in [0.1, 0.15) is 18.4 Å². The molecule has 1 aliphatic carbocycles. The highest BCUT2D eigenvalue weighted by Crippen LogP contribution is 2.25. The Morgan fingerprint density at radius 3 is 2.80 bits per heavy atom. The summed E-state index contributed by atoms with van der Waals surface area (Å²) in [6.45, 7) is 0.891. The molecule has 0 unspecified atom stereocenters. The van der Waals surface area contributed by atoms with Gasteiger partial charge in [0.1, 0.15) is 12.1 Å². The zero-order valence-electron chi connectivity index (χ0n) is 11.2. The third kappa shape index (κ3) is 2.08. The van der Waals surface area contributed by atoms with E-state index in [0.29, 0.717) is 6.04 Å². The largest absolute Gasteiger partial charge is 0.310 e. The SMILES string of the molecule is c1ccc2c(-n3ccnc3)ncc(CNC3CC3)c2c1. The van der Waals surface area contributed by atoms with Crippen LogP contribution in [0.2, 0.25) is 0 Å². The minimum Gasteiger partial charge on any atom is -0.310 e. The average Bonchev–Trinajstić information content (AvgIpc) is 3.17. The van der Waals surface area contributed by atoms with Crippen LogP contribution in [-0.4, -0.2) is 20.6 Å². The third-order valence-corrected chi connectivity index (χ3v) is 3.76. The Balaban J connectivity index is 1.80. The average molecular weight is 264 g/mol. The molecule has 1 aliphatic rings. The normalized spacial score (nSPS) is 14.8. The molecule has 2 aromatic heterocycles. The number of hydrogen-bond acceptors (Lipinski definition) is 3. The van der Waals surface area contributed by atoms with Gasteiger partial charge in [-0.1, -0.05) is 24.3 Å². The molecule has 1 aromatic carbocycles. The van der Waals surface area contributed by atoms with Crippen LogP contribution < -0.4 is 5.32 Å². The Morgan fingerprint density at radius 1 is 1.20 bits per heavy atom. The van der Waals surface area contributed by atoms with Gasteiger partial charge in [0.2, 0.25) is 0 Å². The fraction of sp³-hybridized carbons (Fsp3) is 0.250. The summed E-state index contributed by atoms with van der Waals surface area (Å²) in [5.74, 6) is 0.938. The maximum atomic E-state index is 4.63. The first-order valence-electron chi connectivity index (χ1n) is 7.00. The highest BCUT2D eigenvalue weighted by Gasteiger charge is 2.20. The van der Waals surface area contributed by atoms with Crippen molar-refractivity contribution in [1.82, 2.24) is 19.9 Å². The van der Waals surface area contributed by atoms with Crippen molar-refractivity contribution < 1.29 is 0 Å². The van der Waals surface area contributed by atoms with E-state index >= 15 is 0 Å². The van der Waals surface area contributed by atoms with E-state index in [9.17, 15) is 0 Å². The molecule has 1 fully saturated rings. The summed E-state index contributed by atoms with van der Waals surface area (Å²) in [5.41, 5.74) is 1.26. The molecular weight excluding hydrogens is 248 g/mol. The fourth-order valence-corrected chi connectivity index (χ4v) is 2.51. The standard InChI is InChI=1S/C16H16N4/c1-2-4-15-14(3-1)12(9-18-13-5-6-13)10-19-16(15)20-8-7-17-11-20/h1-4,7-8,10-11,13,18H,5-6,9H2. The molecule has 0 amide bonds. The molecule has 4 heteroatoms. The summed E-state index contributed by atoms with van der Waals surface area (Å²) in [6.07, 6.45) is 10.1. The summed E-state index contributed by atoms with van der Waals surface area (Å²) >= 11 is 0. The second kappa shape index (κ2) is 4.72. The second-order valence-electron chi connectivity index (χ2n) is 5.28. The van der Waals surface area contributed by atoms with Crippen LogP contribution in [0.15, 0.2) is 49.2 Å². The number of pyridine rings is 1. The first-order valence-corrected chi connectivity index (χ1v) is 7.00. The number of imidazole rings is 1. The predicted molar refractivity (Wildman–Crippen MR) is 78.7 cm³/mol. The highest BCUT2D eigenvalue weighted by molar-refractivity contribution is 5.90. The Hall–Kier alpha value is -2.20. The van der Waals surface area contributed by atoms with Gasteiger partial charge >= 0.3 is 0 Å². The summed E-state index contributed by atoms with van der Waals surface area (Å²) < 4.78 is 1.96. The molecule has 0 atom stereocenters. The minimum absolute atomic E-state index is 0.710. The first-order chi connectivity index (χ1) is 9.92. The quantitative estimate of drug-likeness (QED) is 0.788. The molecule has 0 saturated heterocycles. The van der Waals surface area contributed by atoms with Gasteiger partial charge in [0.25, 0.3) is 0 Å². The lowest BCUT2D eigenvalue weighted by Gasteiger charge is -2.11. The van der Waals surface area contributed by atoms with E-state index in [4.69, 9.17) is 0 Å². The van der Waals surface area contributed by atoms with E-state index in [1.54, 1.807) is 12.5 Å². The molecule has 4 nitrogen and oxygen atoms in total. The molecule has 100 valence electrons. The highest BCUT2D eigenvalue weighted by atomic mass is 15.1. The van der Waals surface area contributed by atoms with E-state index in [1.807, 2.05) is 17.0 Å². The van der Waals surface area contributed by atoms with E-state index in [-0.39, 0.29) is 0 Å². The van der Waals surface area contributed by atoms with Gasteiger partial charge in [-0.05, 0) is 23.8 Å². The van der Waals surface area contributed by atoms with Crippen molar-refractivity contribution in [2.24, 2.45) is 0 Å². The predicted octanol–water partition coefficient (Wildman–Crippen LogP) is 2.67. The van der Waals surface area contributed by atoms with Crippen LogP contribution in [0.4, 0.5) is 0 Å². The molecule has 0 aliphatic heterocycles. The maximum absolute atomic E-state index is 4.63. The molecule has 3 aromatic rings. The van der Waals surface area contributed by atoms with Crippen molar-refractivity contribution in [2.45, 2.75) is 25.4 Å². The van der Waals surface area contributed by atoms with Crippen molar-refractivity contribution >= 4 is 10.8 Å². The van der Waals surface area contributed by atoms with Crippen LogP contribution in [0.5, 0.6) is 0 Å². The van der Waals surface area contributed by atoms with Crippen molar-refractivity contribution in [2.75, 3.05) is 0 Å². The van der Waals surface area contributed by atoms with Gasteiger partial charge in [0.15, 0.2) is 0 Å². The van der Waals surface area contributed by atoms with Crippen molar-refractivity contribution in [3.63, 3.8) is 0 Å². The van der Waals surface area contributed by atoms with Crippen molar-refractivity contribution in [3.8, 4) is 5.82 Å². The summed E-state index contributed by atoms with van der Waals surface area (Å²) in [7, 11) is 0. The molecule has 20 heavy (non-hydrogen) atoms. The van der Waals surface area contributed by atoms with Crippen LogP contribution >= 0.6 is 0 Å². The number of hydrogen-bond donors (Lipinski definition) is 1. The van der Waals surface area contributed by atoms with E-state index in [1.165, 1.54) is 29.2 Å². The summed E-state index contributed by atoms with van der Waals surface area (Å²) in [5, 5.41) is 5.99. The lowest BCUT2D eigenvalue weighted by Crippen LogP contribution is -2.16. The first kappa shape index (κ1) is 11.6. The summed E-state index contributed by atoms with van der Waals surface area (Å²) in [4.78, 5) is 8.74. The number of nitrogens with zero attached hydrogens (tertiary/aromatic N) is 3. The Morgan fingerprint density at radius 2 is 2.05 bits per heavy atom. The van der Waals surface area contributed by atoms with Crippen molar-refractivity contribution in [1.29, 1.82) is 0 Å². The molecule has 2 heterocycles. The van der Waals surface area contributed by atoms with Gasteiger partial charge in [-0.25, -0.2) is 9.97 Å². The maximum Gasteiger partial charge on any atom is 0.145 e. The topological polar surface area (TPSA) is 42.7 Å². The van der Waals surface area contributed by atoms with Crippen LogP contribution in [-0.2, 0) is 6.54 Å². The third-order valence-electron chi connectivity index (χ3n) is 3.76. The van der Waals surface area contributed by atoms with E-state index in [2.05, 4.69) is 39.6 Å². The van der Waals surface area contributed by atoms with Gasteiger partial charge in [0, 0.05) is 36.6 Å². The van der Waals surface area contributed by atoms with Gasteiger partial charge in [-0.2, -0.15) is 0 Å². The van der Waals surface area contributed by atoms with Crippen LogP contribution in [0, 0.1) is 0 Å². The number of rotatable bonds is 4. The summed E-state index contributed by atoms with van der Waals surface area (Å²) in [6, 6.07) is 9.14. The molecule has 0 spiro atoms. The monoisotopic (exact) mass is 264 g/mol. The molecular formula is C16H16N4. The Labute approximate surface area is 117 Å². The number of nitrogens with one attached hydrogen (secondary N) is 1. The Bertz CT molecular complexity index is 729. The zero-order valence-corrected chi connectivity index (χ0v) is 11.2. The van der Waals surface area contributed by atoms with E-state index < -0.39 is 0 Å². The van der Waals surface area contributed by atoms with Gasteiger partial charge in [-0.3, -0.25) is 4.57 Å². The number of fused-ring (bicyclic) bond motifs is 1. The van der Waals surface area contributed by atoms with E-state index in [0.717, 1.165) is 12.4 Å². The smallest absolute Gasteiger partial charge is 0.145 e. The minimum atomic E-state index is 0.710.